The van der Waals surface area contributed by atoms with Crippen LogP contribution in [-0.4, -0.2) is 45.7 Å². The number of hydrogen-bond donors (Lipinski definition) is 2. The Labute approximate surface area is 167 Å². The molecule has 10 heteroatoms. The van der Waals surface area contributed by atoms with Crippen molar-refractivity contribution in [3.8, 4) is 11.8 Å². The second-order valence-electron chi connectivity index (χ2n) is 6.65. The molecule has 5 aromatic rings. The van der Waals surface area contributed by atoms with Gasteiger partial charge < -0.3 is 10.2 Å². The largest absolute Gasteiger partial charge is 0.492 e. The predicted octanol–water partition coefficient (Wildman–Crippen LogP) is 2.76. The first-order valence-electron chi connectivity index (χ1n) is 8.88. The summed E-state index contributed by atoms with van der Waals surface area (Å²) in [6.07, 6.45) is 2.27. The zero-order chi connectivity index (χ0) is 20.8. The van der Waals surface area contributed by atoms with Gasteiger partial charge in [-0.1, -0.05) is 36.4 Å². The van der Waals surface area contributed by atoms with Crippen molar-refractivity contribution in [2.24, 2.45) is 0 Å². The molecule has 0 aliphatic carbocycles. The third-order valence-electron chi connectivity index (χ3n) is 4.70. The van der Waals surface area contributed by atoms with Crippen LogP contribution in [0.3, 0.4) is 0 Å². The molecule has 0 saturated carbocycles. The number of halogens is 1. The normalized spacial score (nSPS) is 11.4. The van der Waals surface area contributed by atoms with E-state index in [1.165, 1.54) is 10.9 Å². The van der Waals surface area contributed by atoms with E-state index < -0.39 is 17.8 Å². The molecule has 2 aromatic carbocycles. The van der Waals surface area contributed by atoms with Gasteiger partial charge in [0, 0.05) is 6.20 Å². The predicted molar refractivity (Wildman–Crippen MR) is 104 cm³/mol. The number of carbonyl (C=O) groups is 1. The number of carboxylic acid groups (broad SMARTS) is 1. The minimum atomic E-state index is -1.18. The average Bonchev–Trinajstić information content (AvgIpc) is 3.34. The van der Waals surface area contributed by atoms with Crippen molar-refractivity contribution in [2.45, 2.75) is 6.54 Å². The van der Waals surface area contributed by atoms with E-state index in [-0.39, 0.29) is 29.1 Å². The van der Waals surface area contributed by atoms with Gasteiger partial charge in [-0.2, -0.15) is 14.5 Å². The Morgan fingerprint density at radius 2 is 1.90 bits per heavy atom. The van der Waals surface area contributed by atoms with Gasteiger partial charge in [-0.05, 0) is 22.4 Å². The Morgan fingerprint density at radius 1 is 1.10 bits per heavy atom. The van der Waals surface area contributed by atoms with Crippen LogP contribution in [0, 0.1) is 5.95 Å². The standard InChI is InChI=1S/C20H13FN6O3/c21-17-15-16(18(28)24-20(23-15)27-10-14(8-22-27)19(29)30)26(25-17)9-11-5-6-12-3-1-2-4-13(12)7-11/h1-8,10H,9H2,(H,29,30)(H,23,24,28). The summed E-state index contributed by atoms with van der Waals surface area (Å²) in [5, 5.41) is 29.2. The lowest BCUT2D eigenvalue weighted by molar-refractivity contribution is 0.0697. The molecule has 0 radical (unpaired) electrons. The molecule has 0 saturated heterocycles. The first kappa shape index (κ1) is 17.7. The van der Waals surface area contributed by atoms with Crippen molar-refractivity contribution in [2.75, 3.05) is 0 Å². The molecular formula is C20H13FN6O3. The number of benzene rings is 2. The lowest BCUT2D eigenvalue weighted by atomic mass is 10.1. The molecular weight excluding hydrogens is 391 g/mol. The molecule has 9 nitrogen and oxygen atoms in total. The molecule has 3 aromatic heterocycles. The third-order valence-corrected chi connectivity index (χ3v) is 4.70. The van der Waals surface area contributed by atoms with Crippen molar-refractivity contribution in [3.63, 3.8) is 0 Å². The van der Waals surface area contributed by atoms with Crippen molar-refractivity contribution >= 4 is 27.8 Å². The number of nitrogens with zero attached hydrogens (tertiary/aromatic N) is 6. The van der Waals surface area contributed by atoms with E-state index in [1.807, 2.05) is 42.5 Å². The maximum absolute atomic E-state index is 14.5. The Kier molecular flexibility index (Phi) is 3.91. The van der Waals surface area contributed by atoms with E-state index >= 15 is 0 Å². The second kappa shape index (κ2) is 6.62. The van der Waals surface area contributed by atoms with Gasteiger partial charge in [0.25, 0.3) is 11.9 Å². The summed E-state index contributed by atoms with van der Waals surface area (Å²) in [6, 6.07) is 13.7. The van der Waals surface area contributed by atoms with E-state index in [9.17, 15) is 14.3 Å². The van der Waals surface area contributed by atoms with Gasteiger partial charge in [0.15, 0.2) is 11.0 Å². The zero-order valence-electron chi connectivity index (χ0n) is 15.3. The lowest BCUT2D eigenvalue weighted by Gasteiger charge is -2.07. The highest BCUT2D eigenvalue weighted by Crippen LogP contribution is 2.26. The van der Waals surface area contributed by atoms with E-state index in [0.717, 1.165) is 27.2 Å². The van der Waals surface area contributed by atoms with Gasteiger partial charge in [0.05, 0.1) is 18.3 Å². The highest BCUT2D eigenvalue weighted by atomic mass is 19.1. The van der Waals surface area contributed by atoms with Crippen LogP contribution in [0.1, 0.15) is 15.9 Å². The minimum Gasteiger partial charge on any atom is -0.492 e. The highest BCUT2D eigenvalue weighted by Gasteiger charge is 2.20. The van der Waals surface area contributed by atoms with Crippen LogP contribution in [0.15, 0.2) is 54.9 Å². The van der Waals surface area contributed by atoms with Crippen LogP contribution < -0.4 is 0 Å². The molecule has 30 heavy (non-hydrogen) atoms. The zero-order valence-corrected chi connectivity index (χ0v) is 15.3. The molecule has 5 rings (SSSR count). The van der Waals surface area contributed by atoms with Gasteiger partial charge in [-0.3, -0.25) is 4.68 Å². The Morgan fingerprint density at radius 3 is 2.67 bits per heavy atom. The number of hydrogen-bond acceptors (Lipinski definition) is 6. The SMILES string of the molecule is O=C(O)c1cnn(-c2nc(O)c3c(n2)c(F)nn3Cc2ccc3ccccc3c2)c1. The smallest absolute Gasteiger partial charge is 0.338 e. The van der Waals surface area contributed by atoms with Gasteiger partial charge >= 0.3 is 5.97 Å². The summed E-state index contributed by atoms with van der Waals surface area (Å²) in [7, 11) is 0. The molecule has 0 unspecified atom stereocenters. The summed E-state index contributed by atoms with van der Waals surface area (Å²) in [6.45, 7) is 0.201. The lowest BCUT2D eigenvalue weighted by Crippen LogP contribution is -2.05. The van der Waals surface area contributed by atoms with Crippen LogP contribution in [0.25, 0.3) is 27.8 Å². The number of carboxylic acids is 1. The molecule has 0 atom stereocenters. The molecule has 2 N–H and O–H groups in total. The van der Waals surface area contributed by atoms with Crippen LogP contribution >= 0.6 is 0 Å². The van der Waals surface area contributed by atoms with E-state index in [4.69, 9.17) is 5.11 Å². The molecule has 0 amide bonds. The summed E-state index contributed by atoms with van der Waals surface area (Å²) < 4.78 is 16.9. The molecule has 0 bridgehead atoms. The Hall–Kier alpha value is -4.34. The van der Waals surface area contributed by atoms with Crippen molar-refractivity contribution in [1.82, 2.24) is 29.5 Å². The topological polar surface area (TPSA) is 119 Å². The van der Waals surface area contributed by atoms with Gasteiger partial charge in [0.2, 0.25) is 5.88 Å². The first-order valence-corrected chi connectivity index (χ1v) is 8.88. The molecule has 0 aliphatic rings. The molecule has 0 aliphatic heterocycles. The van der Waals surface area contributed by atoms with Gasteiger partial charge in [-0.25, -0.2) is 14.5 Å². The van der Waals surface area contributed by atoms with E-state index in [1.54, 1.807) is 0 Å². The van der Waals surface area contributed by atoms with Crippen molar-refractivity contribution in [1.29, 1.82) is 0 Å². The quantitative estimate of drug-likeness (QED) is 0.473. The van der Waals surface area contributed by atoms with Crippen molar-refractivity contribution in [3.05, 3.63) is 71.9 Å². The third kappa shape index (κ3) is 2.91. The second-order valence-corrected chi connectivity index (χ2v) is 6.65. The Bertz CT molecular complexity index is 1440. The highest BCUT2D eigenvalue weighted by molar-refractivity contribution is 5.87. The molecule has 3 heterocycles. The summed E-state index contributed by atoms with van der Waals surface area (Å²) in [5.74, 6) is -2.72. The molecule has 0 fully saturated rings. The van der Waals surface area contributed by atoms with Crippen LogP contribution in [-0.2, 0) is 6.54 Å². The number of aromatic nitrogens is 6. The maximum Gasteiger partial charge on any atom is 0.338 e. The van der Waals surface area contributed by atoms with Crippen LogP contribution in [0.4, 0.5) is 4.39 Å². The summed E-state index contributed by atoms with van der Waals surface area (Å²) in [4.78, 5) is 19.0. The maximum atomic E-state index is 14.5. The molecule has 148 valence electrons. The minimum absolute atomic E-state index is 0.0371. The number of aromatic hydroxyl groups is 1. The molecule has 0 spiro atoms. The van der Waals surface area contributed by atoms with Gasteiger partial charge in [-0.15, -0.1) is 5.10 Å². The van der Waals surface area contributed by atoms with E-state index in [0.29, 0.717) is 0 Å². The fourth-order valence-corrected chi connectivity index (χ4v) is 3.29. The fourth-order valence-electron chi connectivity index (χ4n) is 3.29. The van der Waals surface area contributed by atoms with E-state index in [2.05, 4.69) is 20.2 Å². The number of fused-ring (bicyclic) bond motifs is 2. The monoisotopic (exact) mass is 404 g/mol. The average molecular weight is 404 g/mol. The fraction of sp³-hybridized carbons (Fsp3) is 0.0500. The summed E-state index contributed by atoms with van der Waals surface area (Å²) in [5.41, 5.74) is 0.617. The first-order chi connectivity index (χ1) is 14.5. The Balaban J connectivity index is 1.57. The van der Waals surface area contributed by atoms with Crippen molar-refractivity contribution < 1.29 is 19.4 Å². The van der Waals surface area contributed by atoms with Crippen LogP contribution in [0.2, 0.25) is 0 Å². The summed E-state index contributed by atoms with van der Waals surface area (Å²) >= 11 is 0. The van der Waals surface area contributed by atoms with Gasteiger partial charge in [0.1, 0.15) is 0 Å². The van der Waals surface area contributed by atoms with Crippen LogP contribution in [0.5, 0.6) is 5.88 Å². The number of aromatic carboxylic acids is 1. The number of rotatable bonds is 4.